The summed E-state index contributed by atoms with van der Waals surface area (Å²) in [6.45, 7) is 0.380. The molecule has 0 atom stereocenters. The molecule has 2 N–H and O–H groups in total. The van der Waals surface area contributed by atoms with E-state index in [4.69, 9.17) is 10.5 Å². The minimum atomic E-state index is 0.380. The van der Waals surface area contributed by atoms with Gasteiger partial charge in [0, 0.05) is 12.7 Å². The van der Waals surface area contributed by atoms with Gasteiger partial charge in [-0.2, -0.15) is 0 Å². The van der Waals surface area contributed by atoms with Crippen LogP contribution in [0.3, 0.4) is 0 Å². The fraction of sp³-hybridized carbons (Fsp3) is 0.125. The molecule has 5 heteroatoms. The van der Waals surface area contributed by atoms with Crippen LogP contribution in [-0.4, -0.2) is 17.1 Å². The van der Waals surface area contributed by atoms with Crippen LogP contribution in [0.5, 0.6) is 0 Å². The average Bonchev–Trinajstić information content (AvgIpc) is 2.51. The van der Waals surface area contributed by atoms with Crippen molar-refractivity contribution >= 4 is 32.5 Å². The molecule has 4 nitrogen and oxygen atoms in total. The third-order valence-electron chi connectivity index (χ3n) is 3.26. The zero-order chi connectivity index (χ0) is 14.8. The molecule has 0 saturated heterocycles. The smallest absolute Gasteiger partial charge is 0.162 e. The van der Waals surface area contributed by atoms with Crippen molar-refractivity contribution in [2.75, 3.05) is 12.8 Å². The fourth-order valence-electron chi connectivity index (χ4n) is 2.29. The van der Waals surface area contributed by atoms with Crippen LogP contribution in [0.25, 0.3) is 22.2 Å². The Balaban J connectivity index is 2.23. The Morgan fingerprint density at radius 3 is 2.67 bits per heavy atom. The van der Waals surface area contributed by atoms with E-state index in [1.54, 1.807) is 7.11 Å². The van der Waals surface area contributed by atoms with Crippen molar-refractivity contribution in [1.82, 2.24) is 9.97 Å². The zero-order valence-electron chi connectivity index (χ0n) is 11.5. The maximum absolute atomic E-state index is 5.98. The number of hydrogen-bond acceptors (Lipinski definition) is 4. The largest absolute Gasteiger partial charge is 0.383 e. The molecule has 0 bridgehead atoms. The third kappa shape index (κ3) is 2.62. The Labute approximate surface area is 131 Å². The Bertz CT molecular complexity index is 799. The summed E-state index contributed by atoms with van der Waals surface area (Å²) in [4.78, 5) is 8.98. The van der Waals surface area contributed by atoms with Crippen LogP contribution in [0.4, 0.5) is 5.82 Å². The zero-order valence-corrected chi connectivity index (χ0v) is 13.1. The molecular formula is C16H14BrN3O. The summed E-state index contributed by atoms with van der Waals surface area (Å²) >= 11 is 3.41. The highest BCUT2D eigenvalue weighted by atomic mass is 79.9. The van der Waals surface area contributed by atoms with E-state index in [-0.39, 0.29) is 0 Å². The molecule has 0 aliphatic carbocycles. The normalized spacial score (nSPS) is 11.0. The van der Waals surface area contributed by atoms with E-state index < -0.39 is 0 Å². The highest BCUT2D eigenvalue weighted by Gasteiger charge is 2.13. The highest BCUT2D eigenvalue weighted by molar-refractivity contribution is 9.10. The van der Waals surface area contributed by atoms with Crippen LogP contribution in [0.1, 0.15) is 5.69 Å². The summed E-state index contributed by atoms with van der Waals surface area (Å²) in [7, 11) is 1.63. The van der Waals surface area contributed by atoms with Crippen LogP contribution >= 0.6 is 15.9 Å². The van der Waals surface area contributed by atoms with Gasteiger partial charge in [0.2, 0.25) is 0 Å². The van der Waals surface area contributed by atoms with Crippen LogP contribution in [0, 0.1) is 0 Å². The number of nitrogens with zero attached hydrogens (tertiary/aromatic N) is 2. The van der Waals surface area contributed by atoms with Gasteiger partial charge in [0.25, 0.3) is 0 Å². The Morgan fingerprint density at radius 2 is 1.86 bits per heavy atom. The molecule has 1 heterocycles. The van der Waals surface area contributed by atoms with Crippen molar-refractivity contribution in [2.45, 2.75) is 6.61 Å². The number of aromatic nitrogens is 2. The first-order chi connectivity index (χ1) is 10.2. The number of nitrogen functional groups attached to an aromatic ring is 1. The third-order valence-corrected chi connectivity index (χ3v) is 4.12. The number of benzene rings is 2. The molecule has 0 spiro atoms. The van der Waals surface area contributed by atoms with Gasteiger partial charge in [0.1, 0.15) is 5.82 Å². The summed E-state index contributed by atoms with van der Waals surface area (Å²) in [6.07, 6.45) is 0. The number of fused-ring (bicyclic) bond motifs is 1. The number of ether oxygens (including phenoxy) is 1. The molecule has 0 amide bonds. The van der Waals surface area contributed by atoms with Crippen molar-refractivity contribution in [3.8, 4) is 11.4 Å². The molecule has 1 aromatic heterocycles. The topological polar surface area (TPSA) is 61.0 Å². The van der Waals surface area contributed by atoms with E-state index in [2.05, 4.69) is 44.1 Å². The molecule has 106 valence electrons. The maximum Gasteiger partial charge on any atom is 0.162 e. The first kappa shape index (κ1) is 14.0. The van der Waals surface area contributed by atoms with Gasteiger partial charge in [0.05, 0.1) is 16.8 Å². The number of nitrogens with two attached hydrogens (primary N) is 1. The highest BCUT2D eigenvalue weighted by Crippen LogP contribution is 2.30. The minimum absolute atomic E-state index is 0.380. The van der Waals surface area contributed by atoms with E-state index in [9.17, 15) is 0 Å². The average molecular weight is 344 g/mol. The van der Waals surface area contributed by atoms with Gasteiger partial charge in [-0.15, -0.1) is 0 Å². The predicted octanol–water partition coefficient (Wildman–Crippen LogP) is 3.79. The molecule has 0 aliphatic rings. The van der Waals surface area contributed by atoms with Crippen LogP contribution in [-0.2, 0) is 11.3 Å². The Hall–Kier alpha value is -1.98. The van der Waals surface area contributed by atoms with Crippen molar-refractivity contribution in [1.29, 1.82) is 0 Å². The van der Waals surface area contributed by atoms with Gasteiger partial charge >= 0.3 is 0 Å². The first-order valence-electron chi connectivity index (χ1n) is 6.49. The predicted molar refractivity (Wildman–Crippen MR) is 87.8 cm³/mol. The molecule has 3 rings (SSSR count). The first-order valence-corrected chi connectivity index (χ1v) is 7.29. The standard InChI is InChI=1S/C16H14BrN3O/c1-21-9-13-14(17)15(18)20-16(19-13)12-8-4-6-10-5-2-3-7-11(10)12/h2-8H,9H2,1H3,(H2,18,19,20). The van der Waals surface area contributed by atoms with Gasteiger partial charge in [-0.05, 0) is 26.7 Å². The van der Waals surface area contributed by atoms with Gasteiger partial charge in [-0.25, -0.2) is 9.97 Å². The quantitative estimate of drug-likeness (QED) is 0.785. The molecule has 0 aliphatic heterocycles. The van der Waals surface area contributed by atoms with Crippen LogP contribution < -0.4 is 5.73 Å². The van der Waals surface area contributed by atoms with Gasteiger partial charge < -0.3 is 10.5 Å². The number of anilines is 1. The summed E-state index contributed by atoms with van der Waals surface area (Å²) in [6, 6.07) is 14.2. The van der Waals surface area contributed by atoms with Gasteiger partial charge in [-0.3, -0.25) is 0 Å². The van der Waals surface area contributed by atoms with Crippen LogP contribution in [0.2, 0.25) is 0 Å². The lowest BCUT2D eigenvalue weighted by molar-refractivity contribution is 0.181. The summed E-state index contributed by atoms with van der Waals surface area (Å²) in [5.41, 5.74) is 7.69. The molecule has 0 radical (unpaired) electrons. The number of methoxy groups -OCH3 is 1. The summed E-state index contributed by atoms with van der Waals surface area (Å²) in [5, 5.41) is 2.25. The maximum atomic E-state index is 5.98. The number of rotatable bonds is 3. The van der Waals surface area contributed by atoms with Crippen molar-refractivity contribution in [3.05, 3.63) is 52.6 Å². The molecule has 21 heavy (non-hydrogen) atoms. The van der Waals surface area contributed by atoms with Gasteiger partial charge in [-0.1, -0.05) is 42.5 Å². The molecular weight excluding hydrogens is 330 g/mol. The van der Waals surface area contributed by atoms with Crippen LogP contribution in [0.15, 0.2) is 46.9 Å². The van der Waals surface area contributed by atoms with E-state index in [0.717, 1.165) is 22.0 Å². The number of hydrogen-bond donors (Lipinski definition) is 1. The molecule has 0 unspecified atom stereocenters. The van der Waals surface area contributed by atoms with E-state index in [1.165, 1.54) is 0 Å². The van der Waals surface area contributed by atoms with E-state index >= 15 is 0 Å². The van der Waals surface area contributed by atoms with E-state index in [0.29, 0.717) is 22.7 Å². The summed E-state index contributed by atoms with van der Waals surface area (Å²) in [5.74, 6) is 1.03. The molecule has 3 aromatic rings. The lowest BCUT2D eigenvalue weighted by Gasteiger charge is -2.10. The SMILES string of the molecule is COCc1nc(-c2cccc3ccccc23)nc(N)c1Br. The molecule has 0 saturated carbocycles. The van der Waals surface area contributed by atoms with Gasteiger partial charge in [0.15, 0.2) is 5.82 Å². The second-order valence-electron chi connectivity index (χ2n) is 4.65. The van der Waals surface area contributed by atoms with Crippen molar-refractivity contribution in [3.63, 3.8) is 0 Å². The number of halogens is 1. The van der Waals surface area contributed by atoms with E-state index in [1.807, 2.05) is 24.3 Å². The van der Waals surface area contributed by atoms with Crippen molar-refractivity contribution in [2.24, 2.45) is 0 Å². The minimum Gasteiger partial charge on any atom is -0.383 e. The second kappa shape index (κ2) is 5.79. The monoisotopic (exact) mass is 343 g/mol. The fourth-order valence-corrected chi connectivity index (χ4v) is 2.58. The lowest BCUT2D eigenvalue weighted by Crippen LogP contribution is -2.04. The lowest BCUT2D eigenvalue weighted by atomic mass is 10.0. The van der Waals surface area contributed by atoms with Crippen molar-refractivity contribution < 1.29 is 4.74 Å². The molecule has 0 fully saturated rings. The molecule has 2 aromatic carbocycles. The summed E-state index contributed by atoms with van der Waals surface area (Å²) < 4.78 is 5.85. The Kier molecular flexibility index (Phi) is 3.86. The second-order valence-corrected chi connectivity index (χ2v) is 5.45. The Morgan fingerprint density at radius 1 is 1.10 bits per heavy atom.